The summed E-state index contributed by atoms with van der Waals surface area (Å²) in [5, 5.41) is 3.57. The quantitative estimate of drug-likeness (QED) is 0.127. The third-order valence-corrected chi connectivity index (χ3v) is 5.59. The van der Waals surface area contributed by atoms with Crippen molar-refractivity contribution in [3.8, 4) is 12.8 Å². The highest BCUT2D eigenvalue weighted by atomic mass is 19.1. The van der Waals surface area contributed by atoms with E-state index in [1.54, 1.807) is 6.08 Å². The molecule has 2 nitrogen and oxygen atoms in total. The van der Waals surface area contributed by atoms with Gasteiger partial charge in [0.15, 0.2) is 0 Å². The van der Waals surface area contributed by atoms with E-state index in [-0.39, 0.29) is 0 Å². The number of ether oxygens (including phenoxy) is 1. The van der Waals surface area contributed by atoms with Gasteiger partial charge in [-0.15, -0.1) is 12.8 Å². The molecule has 3 heteroatoms. The molecule has 0 heterocycles. The molecule has 1 aromatic rings. The molecule has 0 saturated heterocycles. The van der Waals surface area contributed by atoms with Gasteiger partial charge in [-0.1, -0.05) is 75.4 Å². The third-order valence-electron chi connectivity index (χ3n) is 5.59. The minimum Gasteiger partial charge on any atom is -0.458 e. The van der Waals surface area contributed by atoms with Gasteiger partial charge < -0.3 is 10.1 Å². The molecule has 0 saturated carbocycles. The molecule has 1 atom stereocenters. The summed E-state index contributed by atoms with van der Waals surface area (Å²) >= 11 is 0. The van der Waals surface area contributed by atoms with Crippen LogP contribution in [0.1, 0.15) is 69.9 Å². The number of alkyl halides is 1. The lowest BCUT2D eigenvalue weighted by Crippen LogP contribution is -2.22. The number of nitrogens with one attached hydrogen (secondary N) is 1. The highest BCUT2D eigenvalue weighted by Crippen LogP contribution is 2.20. The number of unbranched alkanes of at least 4 members (excludes halogenated alkanes) is 5. The van der Waals surface area contributed by atoms with Gasteiger partial charge in [0.05, 0.1) is 0 Å². The summed E-state index contributed by atoms with van der Waals surface area (Å²) in [7, 11) is 0. The zero-order valence-electron chi connectivity index (χ0n) is 20.6. The van der Waals surface area contributed by atoms with Crippen molar-refractivity contribution in [1.82, 2.24) is 5.32 Å². The Hall–Kier alpha value is -2.57. The van der Waals surface area contributed by atoms with E-state index >= 15 is 0 Å². The Bertz CT molecular complexity index is 770. The molecule has 0 bridgehead atoms. The summed E-state index contributed by atoms with van der Waals surface area (Å²) in [4.78, 5) is 0. The van der Waals surface area contributed by atoms with E-state index in [4.69, 9.17) is 4.74 Å². The predicted octanol–water partition coefficient (Wildman–Crippen LogP) is 7.83. The van der Waals surface area contributed by atoms with Gasteiger partial charge in [-0.3, -0.25) is 0 Å². The fourth-order valence-corrected chi connectivity index (χ4v) is 3.75. The van der Waals surface area contributed by atoms with Crippen molar-refractivity contribution in [3.05, 3.63) is 83.4 Å². The van der Waals surface area contributed by atoms with E-state index in [9.17, 15) is 4.39 Å². The van der Waals surface area contributed by atoms with Crippen LogP contribution in [-0.4, -0.2) is 13.2 Å². The number of benzene rings is 1. The van der Waals surface area contributed by atoms with Crippen molar-refractivity contribution in [2.75, 3.05) is 13.2 Å². The van der Waals surface area contributed by atoms with Gasteiger partial charge in [-0.25, -0.2) is 4.39 Å². The maximum absolute atomic E-state index is 12.3. The molecule has 0 spiro atoms. The molecular formula is C30H42FNO. The molecule has 33 heavy (non-hydrogen) atoms. The lowest BCUT2D eigenvalue weighted by atomic mass is 9.99. The molecular weight excluding hydrogens is 409 g/mol. The molecule has 1 aromatic carbocycles. The van der Waals surface area contributed by atoms with Gasteiger partial charge in [-0.05, 0) is 67.5 Å². The van der Waals surface area contributed by atoms with Gasteiger partial charge in [0.2, 0.25) is 0 Å². The van der Waals surface area contributed by atoms with Crippen LogP contribution in [0.2, 0.25) is 0 Å². The summed E-state index contributed by atoms with van der Waals surface area (Å²) < 4.78 is 18.2. The average Bonchev–Trinajstić information content (AvgIpc) is 2.86. The Labute approximate surface area is 201 Å². The number of hydrogen-bond acceptors (Lipinski definition) is 2. The van der Waals surface area contributed by atoms with Gasteiger partial charge >= 0.3 is 0 Å². The topological polar surface area (TPSA) is 21.3 Å². The van der Waals surface area contributed by atoms with E-state index in [2.05, 4.69) is 61.5 Å². The monoisotopic (exact) mass is 451 g/mol. The Balaban J connectivity index is 0.00000265. The molecule has 0 amide bonds. The number of halogens is 1. The highest BCUT2D eigenvalue weighted by Gasteiger charge is 2.11. The number of allylic oxidation sites excluding steroid dienone is 5. The first kappa shape index (κ1) is 28.5. The molecule has 1 aliphatic rings. The molecule has 1 aliphatic carbocycles. The number of rotatable bonds is 15. The maximum atomic E-state index is 12.3. The smallest absolute Gasteiger partial charge is 0.123 e. The molecule has 0 aromatic heterocycles. The van der Waals surface area contributed by atoms with Crippen molar-refractivity contribution in [2.45, 2.75) is 71.8 Å². The second-order valence-corrected chi connectivity index (χ2v) is 8.28. The first-order chi connectivity index (χ1) is 16.2. The largest absolute Gasteiger partial charge is 0.458 e. The van der Waals surface area contributed by atoms with Crippen LogP contribution in [0.3, 0.4) is 0 Å². The van der Waals surface area contributed by atoms with Crippen LogP contribution in [0.15, 0.2) is 72.2 Å². The van der Waals surface area contributed by atoms with Crippen LogP contribution in [-0.2, 0) is 17.7 Å². The fraction of sp³-hybridized carbons (Fsp3) is 0.467. The molecule has 1 N–H and O–H groups in total. The van der Waals surface area contributed by atoms with Gasteiger partial charge in [-0.2, -0.15) is 0 Å². The zero-order chi connectivity index (χ0) is 24.2. The van der Waals surface area contributed by atoms with Crippen molar-refractivity contribution in [1.29, 1.82) is 0 Å². The molecule has 0 aliphatic heterocycles. The maximum Gasteiger partial charge on any atom is 0.123 e. The normalized spacial score (nSPS) is 15.7. The summed E-state index contributed by atoms with van der Waals surface area (Å²) in [5.74, 6) is 1.90. The van der Waals surface area contributed by atoms with Crippen LogP contribution >= 0.6 is 0 Å². The average molecular weight is 452 g/mol. The summed E-state index contributed by atoms with van der Waals surface area (Å²) in [6, 6.07) is 9.06. The third kappa shape index (κ3) is 12.9. The van der Waals surface area contributed by atoms with E-state index in [0.717, 1.165) is 25.3 Å². The molecule has 0 radical (unpaired) electrons. The lowest BCUT2D eigenvalue weighted by Gasteiger charge is -2.18. The minimum absolute atomic E-state index is 0.398. The van der Waals surface area contributed by atoms with E-state index in [1.165, 1.54) is 62.1 Å². The molecule has 0 fully saturated rings. The Morgan fingerprint density at radius 1 is 1.09 bits per heavy atom. The van der Waals surface area contributed by atoms with Gasteiger partial charge in [0.1, 0.15) is 18.2 Å². The fourth-order valence-electron chi connectivity index (χ4n) is 3.75. The van der Waals surface area contributed by atoms with Crippen molar-refractivity contribution < 1.29 is 9.13 Å². The van der Waals surface area contributed by atoms with E-state index in [0.29, 0.717) is 11.7 Å². The molecule has 180 valence electrons. The summed E-state index contributed by atoms with van der Waals surface area (Å²) in [5.41, 5.74) is 2.77. The van der Waals surface area contributed by atoms with Crippen LogP contribution in [0.4, 0.5) is 4.39 Å². The number of aryl methyl sites for hydroxylation is 1. The van der Waals surface area contributed by atoms with Crippen LogP contribution in [0.5, 0.6) is 0 Å². The van der Waals surface area contributed by atoms with Crippen LogP contribution in [0, 0.1) is 18.8 Å². The second kappa shape index (κ2) is 18.9. The van der Waals surface area contributed by atoms with Crippen molar-refractivity contribution in [3.63, 3.8) is 0 Å². The minimum atomic E-state index is -0.484. The lowest BCUT2D eigenvalue weighted by molar-refractivity contribution is 0.325. The van der Waals surface area contributed by atoms with Crippen LogP contribution in [0.25, 0.3) is 0 Å². The van der Waals surface area contributed by atoms with Crippen molar-refractivity contribution >= 4 is 0 Å². The Morgan fingerprint density at radius 3 is 2.48 bits per heavy atom. The zero-order valence-corrected chi connectivity index (χ0v) is 20.6. The first-order valence-corrected chi connectivity index (χ1v) is 12.3. The highest BCUT2D eigenvalue weighted by molar-refractivity contribution is 5.24. The van der Waals surface area contributed by atoms with Gasteiger partial charge in [0, 0.05) is 13.1 Å². The SMILES string of the molecule is C#C.C/C=C(\C=C/CF)OC1=CC(CNCc2ccc(CCCCCCCC)cc2)CC=C1. The molecule has 2 rings (SSSR count). The summed E-state index contributed by atoms with van der Waals surface area (Å²) in [6.07, 6.45) is 29.5. The predicted molar refractivity (Wildman–Crippen MR) is 140 cm³/mol. The Kier molecular flexibility index (Phi) is 16.3. The second-order valence-electron chi connectivity index (χ2n) is 8.28. The first-order valence-electron chi connectivity index (χ1n) is 12.3. The number of terminal acetylenes is 1. The van der Waals surface area contributed by atoms with Crippen molar-refractivity contribution in [2.24, 2.45) is 5.92 Å². The van der Waals surface area contributed by atoms with Crippen LogP contribution < -0.4 is 5.32 Å². The van der Waals surface area contributed by atoms with E-state index in [1.807, 2.05) is 19.1 Å². The summed E-state index contributed by atoms with van der Waals surface area (Å²) in [6.45, 7) is 5.45. The Morgan fingerprint density at radius 2 is 1.79 bits per heavy atom. The number of hydrogen-bond donors (Lipinski definition) is 1. The van der Waals surface area contributed by atoms with E-state index < -0.39 is 6.67 Å². The van der Waals surface area contributed by atoms with Gasteiger partial charge in [0.25, 0.3) is 0 Å². The standard InChI is InChI=1S/C28H40FNO.C2H2/c1-3-5-6-7-8-9-12-24-16-18-25(19-17-24)22-30-23-26-13-10-14-28(21-26)31-27(4-2)15-11-20-29;1-2/h4,10-11,14-19,21,26,30H,3,5-9,12-13,20,22-23H2,1-2H3;1-2H/b15-11-,27-4+;. The molecule has 1 unspecified atom stereocenters.